The maximum Gasteiger partial charge on any atom is 0.0241 e. The van der Waals surface area contributed by atoms with Gasteiger partial charge in [0.15, 0.2) is 0 Å². The van der Waals surface area contributed by atoms with E-state index in [0.29, 0.717) is 6.04 Å². The predicted molar refractivity (Wildman–Crippen MR) is 43.4 cm³/mol. The molecular weight excluding hydrogens is 122 g/mol. The third kappa shape index (κ3) is 2.89. The van der Waals surface area contributed by atoms with Gasteiger partial charge in [0.2, 0.25) is 0 Å². The van der Waals surface area contributed by atoms with Gasteiger partial charge < -0.3 is 5.73 Å². The van der Waals surface area contributed by atoms with Crippen LogP contribution in [0.5, 0.6) is 0 Å². The first-order chi connectivity index (χ1) is 4.83. The number of rotatable bonds is 3. The normalized spacial score (nSPS) is 19.4. The number of hydrogen-bond acceptors (Lipinski definition) is 1. The smallest absolute Gasteiger partial charge is 0.0241 e. The van der Waals surface area contributed by atoms with Gasteiger partial charge in [-0.15, -0.1) is 11.8 Å². The molecule has 1 atom stereocenters. The van der Waals surface area contributed by atoms with E-state index < -0.39 is 0 Å². The summed E-state index contributed by atoms with van der Waals surface area (Å²) in [6.07, 6.45) is 4.86. The first kappa shape index (κ1) is 7.63. The average Bonchev–Trinajstić information content (AvgIpc) is 2.67. The Kier molecular flexibility index (Phi) is 2.77. The van der Waals surface area contributed by atoms with Crippen molar-refractivity contribution in [2.24, 2.45) is 11.7 Å². The van der Waals surface area contributed by atoms with Gasteiger partial charge >= 0.3 is 0 Å². The molecule has 0 aromatic carbocycles. The molecule has 1 nitrogen and oxygen atoms in total. The zero-order valence-electron chi connectivity index (χ0n) is 6.56. The van der Waals surface area contributed by atoms with Crippen LogP contribution in [0, 0.1) is 17.8 Å². The zero-order chi connectivity index (χ0) is 7.40. The van der Waals surface area contributed by atoms with Gasteiger partial charge in [0, 0.05) is 12.5 Å². The minimum Gasteiger partial charge on any atom is -0.327 e. The van der Waals surface area contributed by atoms with Crippen LogP contribution < -0.4 is 5.73 Å². The van der Waals surface area contributed by atoms with Gasteiger partial charge in [-0.2, -0.15) is 0 Å². The average molecular weight is 137 g/mol. The van der Waals surface area contributed by atoms with Crippen molar-refractivity contribution in [2.75, 3.05) is 0 Å². The van der Waals surface area contributed by atoms with Gasteiger partial charge in [0.1, 0.15) is 0 Å². The fourth-order valence-corrected chi connectivity index (χ4v) is 1.10. The van der Waals surface area contributed by atoms with Gasteiger partial charge in [-0.3, -0.25) is 0 Å². The maximum absolute atomic E-state index is 5.80. The van der Waals surface area contributed by atoms with E-state index in [1.165, 1.54) is 19.3 Å². The summed E-state index contributed by atoms with van der Waals surface area (Å²) >= 11 is 0. The lowest BCUT2D eigenvalue weighted by molar-refractivity contribution is 0.581. The molecule has 1 aliphatic carbocycles. The van der Waals surface area contributed by atoms with E-state index in [2.05, 4.69) is 11.8 Å². The summed E-state index contributed by atoms with van der Waals surface area (Å²) in [7, 11) is 0. The Morgan fingerprint density at radius 2 is 2.30 bits per heavy atom. The second kappa shape index (κ2) is 3.63. The molecule has 1 unspecified atom stereocenters. The SMILES string of the molecule is CC#CCC(N)CC1CC1. The summed E-state index contributed by atoms with van der Waals surface area (Å²) in [6, 6.07) is 0.333. The maximum atomic E-state index is 5.80. The lowest BCUT2D eigenvalue weighted by atomic mass is 10.1. The van der Waals surface area contributed by atoms with Gasteiger partial charge in [0.25, 0.3) is 0 Å². The molecule has 0 aromatic rings. The molecule has 56 valence electrons. The predicted octanol–water partition coefficient (Wildman–Crippen LogP) is 1.53. The van der Waals surface area contributed by atoms with Gasteiger partial charge in [-0.1, -0.05) is 12.8 Å². The monoisotopic (exact) mass is 137 g/mol. The number of nitrogens with two attached hydrogens (primary N) is 1. The zero-order valence-corrected chi connectivity index (χ0v) is 6.56. The molecule has 0 saturated heterocycles. The Morgan fingerprint density at radius 1 is 1.60 bits per heavy atom. The third-order valence-corrected chi connectivity index (χ3v) is 1.87. The van der Waals surface area contributed by atoms with Gasteiger partial charge in [0.05, 0.1) is 0 Å². The topological polar surface area (TPSA) is 26.0 Å². The molecule has 2 N–H and O–H groups in total. The Balaban J connectivity index is 2.05. The molecule has 0 heterocycles. The molecule has 1 heteroatoms. The highest BCUT2D eigenvalue weighted by atomic mass is 14.6. The molecule has 0 aliphatic heterocycles. The lowest BCUT2D eigenvalue weighted by Gasteiger charge is -2.04. The van der Waals surface area contributed by atoms with E-state index >= 15 is 0 Å². The Bertz CT molecular complexity index is 148. The van der Waals surface area contributed by atoms with Crippen molar-refractivity contribution >= 4 is 0 Å². The summed E-state index contributed by atoms with van der Waals surface area (Å²) in [5.41, 5.74) is 5.80. The van der Waals surface area contributed by atoms with E-state index in [1.807, 2.05) is 6.92 Å². The molecule has 0 amide bonds. The van der Waals surface area contributed by atoms with Crippen LogP contribution in [0.1, 0.15) is 32.6 Å². The fraction of sp³-hybridized carbons (Fsp3) is 0.778. The minimum absolute atomic E-state index is 0.333. The van der Waals surface area contributed by atoms with Crippen LogP contribution in [-0.4, -0.2) is 6.04 Å². The van der Waals surface area contributed by atoms with E-state index in [9.17, 15) is 0 Å². The molecule has 0 spiro atoms. The quantitative estimate of drug-likeness (QED) is 0.586. The fourth-order valence-electron chi connectivity index (χ4n) is 1.10. The molecule has 0 bridgehead atoms. The summed E-state index contributed by atoms with van der Waals surface area (Å²) in [4.78, 5) is 0. The standard InChI is InChI=1S/C9H15N/c1-2-3-4-9(10)7-8-5-6-8/h8-9H,4-7,10H2,1H3. The highest BCUT2D eigenvalue weighted by Gasteiger charge is 2.23. The lowest BCUT2D eigenvalue weighted by Crippen LogP contribution is -2.19. The van der Waals surface area contributed by atoms with Crippen molar-refractivity contribution in [1.29, 1.82) is 0 Å². The van der Waals surface area contributed by atoms with E-state index in [1.54, 1.807) is 0 Å². The Labute approximate surface area is 63.0 Å². The van der Waals surface area contributed by atoms with Crippen molar-refractivity contribution in [3.8, 4) is 11.8 Å². The first-order valence-electron chi connectivity index (χ1n) is 3.98. The molecule has 1 aliphatic rings. The summed E-state index contributed by atoms with van der Waals surface area (Å²) in [5, 5.41) is 0. The van der Waals surface area contributed by atoms with Gasteiger partial charge in [-0.05, 0) is 19.3 Å². The Morgan fingerprint density at radius 3 is 2.80 bits per heavy atom. The van der Waals surface area contributed by atoms with Crippen LogP contribution in [0.2, 0.25) is 0 Å². The van der Waals surface area contributed by atoms with Crippen LogP contribution in [0.3, 0.4) is 0 Å². The molecule has 1 fully saturated rings. The van der Waals surface area contributed by atoms with Crippen LogP contribution in [0.25, 0.3) is 0 Å². The van der Waals surface area contributed by atoms with Crippen LogP contribution >= 0.6 is 0 Å². The third-order valence-electron chi connectivity index (χ3n) is 1.87. The molecule has 1 rings (SSSR count). The largest absolute Gasteiger partial charge is 0.327 e. The van der Waals surface area contributed by atoms with Crippen molar-refractivity contribution in [3.05, 3.63) is 0 Å². The molecule has 1 saturated carbocycles. The highest BCUT2D eigenvalue weighted by molar-refractivity contribution is 4.98. The molecular formula is C9H15N. The van der Waals surface area contributed by atoms with Crippen molar-refractivity contribution < 1.29 is 0 Å². The van der Waals surface area contributed by atoms with Crippen molar-refractivity contribution in [3.63, 3.8) is 0 Å². The van der Waals surface area contributed by atoms with Crippen molar-refractivity contribution in [1.82, 2.24) is 0 Å². The van der Waals surface area contributed by atoms with Crippen LogP contribution in [-0.2, 0) is 0 Å². The number of hydrogen-bond donors (Lipinski definition) is 1. The van der Waals surface area contributed by atoms with Crippen LogP contribution in [0.4, 0.5) is 0 Å². The minimum atomic E-state index is 0.333. The second-order valence-corrected chi connectivity index (χ2v) is 3.07. The summed E-state index contributed by atoms with van der Waals surface area (Å²) in [5.74, 6) is 6.81. The molecule has 0 radical (unpaired) electrons. The van der Waals surface area contributed by atoms with E-state index in [0.717, 1.165) is 12.3 Å². The summed E-state index contributed by atoms with van der Waals surface area (Å²) < 4.78 is 0. The first-order valence-corrected chi connectivity index (χ1v) is 3.98. The van der Waals surface area contributed by atoms with Crippen molar-refractivity contribution in [2.45, 2.75) is 38.6 Å². The molecule has 0 aromatic heterocycles. The summed E-state index contributed by atoms with van der Waals surface area (Å²) in [6.45, 7) is 1.86. The van der Waals surface area contributed by atoms with Crippen LogP contribution in [0.15, 0.2) is 0 Å². The molecule has 10 heavy (non-hydrogen) atoms. The van der Waals surface area contributed by atoms with E-state index in [-0.39, 0.29) is 0 Å². The van der Waals surface area contributed by atoms with E-state index in [4.69, 9.17) is 5.73 Å². The Hall–Kier alpha value is -0.480. The highest BCUT2D eigenvalue weighted by Crippen LogP contribution is 2.33. The second-order valence-electron chi connectivity index (χ2n) is 3.07. The van der Waals surface area contributed by atoms with Gasteiger partial charge in [-0.25, -0.2) is 0 Å².